The van der Waals surface area contributed by atoms with E-state index in [1.54, 1.807) is 0 Å². The van der Waals surface area contributed by atoms with E-state index >= 15 is 0 Å². The minimum absolute atomic E-state index is 1.22. The van der Waals surface area contributed by atoms with Crippen LogP contribution in [0.1, 0.15) is 0 Å². The topological polar surface area (TPSA) is 0 Å². The zero-order chi connectivity index (χ0) is 86.2. The van der Waals surface area contributed by atoms with Crippen molar-refractivity contribution in [1.29, 1.82) is 0 Å². The van der Waals surface area contributed by atoms with E-state index in [4.69, 9.17) is 0 Å². The molecule has 0 radical (unpaired) electrons. The first kappa shape index (κ1) is 77.9. The summed E-state index contributed by atoms with van der Waals surface area (Å²) >= 11 is 0. The summed E-state index contributed by atoms with van der Waals surface area (Å²) in [6.45, 7) is 0. The smallest absolute Gasteiger partial charge is 0.00139 e. The minimum Gasteiger partial charge on any atom is -0.0622 e. The summed E-state index contributed by atoms with van der Waals surface area (Å²) in [4.78, 5) is 0. The molecule has 0 heterocycles. The van der Waals surface area contributed by atoms with Gasteiger partial charge in [-0.15, -0.1) is 0 Å². The fourth-order valence-corrected chi connectivity index (χ4v) is 20.6. The number of hydrogen-bond donors (Lipinski definition) is 0. The molecule has 0 spiro atoms. The van der Waals surface area contributed by atoms with Crippen molar-refractivity contribution in [2.45, 2.75) is 0 Å². The van der Waals surface area contributed by atoms with Gasteiger partial charge in [-0.25, -0.2) is 0 Å². The SMILES string of the molecule is c1ccc(-c2ccc(-c3c4ccccc4c(-c4c5ccccc5c(-c5ccc(-c6ccccc6)cc5)c5ccccc45)c4ccccc34)cc2)cc1.c1ccc(-c2ccccc2-c2c3ccccc3c(-c3ccccc3-c3ccccc3)c3ccccc23)cc1.c1ccc2cc(-c3c4ccccc4c(-c4ccc(-c5cccc6ccccc56)cc4)c4ccccc34)ccc2c1. The van der Waals surface area contributed by atoms with E-state index in [0.29, 0.717) is 0 Å². The summed E-state index contributed by atoms with van der Waals surface area (Å²) in [6.07, 6.45) is 0. The molecule has 25 aromatic rings. The quantitative estimate of drug-likeness (QED) is 0.107. The maximum absolute atomic E-state index is 2.34. The molecular weight excluding hydrogens is 1560 g/mol. The van der Waals surface area contributed by atoms with Crippen molar-refractivity contribution in [3.63, 3.8) is 0 Å². The normalized spacial score (nSPS) is 11.4. The molecule has 25 rings (SSSR count). The molecule has 25 aromatic carbocycles. The van der Waals surface area contributed by atoms with E-state index in [9.17, 15) is 0 Å². The number of fused-ring (bicyclic) bond motifs is 10. The maximum atomic E-state index is 2.34. The number of rotatable bonds is 12. The third-order valence-corrected chi connectivity index (χ3v) is 26.4. The lowest BCUT2D eigenvalue weighted by Gasteiger charge is -2.22. The third kappa shape index (κ3) is 14.2. The standard InChI is InChI=1S/C52H34.C40H26.C38H26/c1-3-15-35(16-4-1)37-27-31-39(32-28-37)49-41-19-7-11-23-45(41)51(46-24-12-8-20-42(46)49)52-47-25-13-9-21-43(47)50(44-22-10-14-26-48(44)52)40-33-29-38(30-34-40)36-17-5-2-6-18-36;1-2-12-31-26-32(25-20-27(31)10-1)40-37-17-7-5-15-35(37)39(36-16-6-8-18-38(36)40)30-23-21-29(22-24-30)34-19-9-13-28-11-3-4-14-33(28)34;1-3-15-27(16-4-1)29-19-7-9-21-31(29)37-33-23-11-13-25-35(33)38(36-26-14-12-24-34(36)37)32-22-10-8-20-30(32)28-17-5-2-6-18-28/h1-34H;1-26H;1-26H. The average Bonchev–Trinajstić information content (AvgIpc) is 0.701. The molecule has 0 atom stereocenters. The van der Waals surface area contributed by atoms with Crippen molar-refractivity contribution >= 4 is 108 Å². The first-order chi connectivity index (χ1) is 64.6. The lowest BCUT2D eigenvalue weighted by atomic mass is 9.81. The summed E-state index contributed by atoms with van der Waals surface area (Å²) in [5, 5.41) is 25.4. The van der Waals surface area contributed by atoms with Crippen molar-refractivity contribution in [2.75, 3.05) is 0 Å². The average molecular weight is 1650 g/mol. The van der Waals surface area contributed by atoms with Gasteiger partial charge in [0, 0.05) is 0 Å². The highest BCUT2D eigenvalue weighted by molar-refractivity contribution is 6.31. The Morgan fingerprint density at radius 2 is 0.269 bits per heavy atom. The van der Waals surface area contributed by atoms with Crippen LogP contribution in [-0.2, 0) is 0 Å². The maximum Gasteiger partial charge on any atom is -0.00139 e. The minimum atomic E-state index is 1.22. The summed E-state index contributed by atoms with van der Waals surface area (Å²) in [5.41, 5.74) is 30.1. The lowest BCUT2D eigenvalue weighted by molar-refractivity contribution is 1.60. The molecule has 0 aliphatic heterocycles. The van der Waals surface area contributed by atoms with Crippen LogP contribution in [0.25, 0.3) is 241 Å². The van der Waals surface area contributed by atoms with Crippen molar-refractivity contribution in [3.05, 3.63) is 522 Å². The van der Waals surface area contributed by atoms with Crippen molar-refractivity contribution in [1.82, 2.24) is 0 Å². The predicted molar refractivity (Wildman–Crippen MR) is 560 cm³/mol. The Labute approximate surface area is 757 Å². The van der Waals surface area contributed by atoms with Crippen LogP contribution in [0.3, 0.4) is 0 Å². The molecule has 0 fully saturated rings. The van der Waals surface area contributed by atoms with Gasteiger partial charge >= 0.3 is 0 Å². The molecule has 0 nitrogen and oxygen atoms in total. The molecular formula is C130H86. The Kier molecular flexibility index (Phi) is 20.5. The molecule has 0 heteroatoms. The van der Waals surface area contributed by atoms with Gasteiger partial charge in [0.2, 0.25) is 0 Å². The second-order valence-corrected chi connectivity index (χ2v) is 33.7. The van der Waals surface area contributed by atoms with Crippen LogP contribution in [0.15, 0.2) is 522 Å². The molecule has 606 valence electrons. The van der Waals surface area contributed by atoms with Crippen molar-refractivity contribution in [3.8, 4) is 134 Å². The molecule has 0 saturated carbocycles. The first-order valence-electron chi connectivity index (χ1n) is 45.0. The fraction of sp³-hybridized carbons (Fsp3) is 0. The monoisotopic (exact) mass is 1650 g/mol. The predicted octanol–water partition coefficient (Wildman–Crippen LogP) is 36.6. The van der Waals surface area contributed by atoms with Gasteiger partial charge in [0.25, 0.3) is 0 Å². The Bertz CT molecular complexity index is 8010. The van der Waals surface area contributed by atoms with Gasteiger partial charge in [0.1, 0.15) is 0 Å². The zero-order valence-corrected chi connectivity index (χ0v) is 71.7. The second kappa shape index (κ2) is 34.2. The summed E-state index contributed by atoms with van der Waals surface area (Å²) in [6, 6.07) is 190. The van der Waals surface area contributed by atoms with Crippen LogP contribution in [0.4, 0.5) is 0 Å². The van der Waals surface area contributed by atoms with E-state index < -0.39 is 0 Å². The molecule has 0 unspecified atom stereocenters. The van der Waals surface area contributed by atoms with E-state index in [1.807, 2.05) is 0 Å². The van der Waals surface area contributed by atoms with Gasteiger partial charge < -0.3 is 0 Å². The van der Waals surface area contributed by atoms with Crippen LogP contribution >= 0.6 is 0 Å². The van der Waals surface area contributed by atoms with Gasteiger partial charge in [0.05, 0.1) is 0 Å². The van der Waals surface area contributed by atoms with Gasteiger partial charge in [-0.05, 0) is 247 Å². The molecule has 0 saturated heterocycles. The fourth-order valence-electron chi connectivity index (χ4n) is 20.6. The molecule has 0 aliphatic carbocycles. The number of hydrogen-bond acceptors (Lipinski definition) is 0. The van der Waals surface area contributed by atoms with Gasteiger partial charge in [-0.1, -0.05) is 516 Å². The molecule has 0 aromatic heterocycles. The highest BCUT2D eigenvalue weighted by Gasteiger charge is 2.26. The Balaban J connectivity index is 0.000000113. The van der Waals surface area contributed by atoms with Gasteiger partial charge in [-0.3, -0.25) is 0 Å². The van der Waals surface area contributed by atoms with E-state index in [0.717, 1.165) is 0 Å². The van der Waals surface area contributed by atoms with E-state index in [-0.39, 0.29) is 0 Å². The Morgan fingerprint density at radius 3 is 0.600 bits per heavy atom. The highest BCUT2D eigenvalue weighted by atomic mass is 14.3. The molecule has 0 N–H and O–H groups in total. The Morgan fingerprint density at radius 1 is 0.0769 bits per heavy atom. The van der Waals surface area contributed by atoms with Crippen LogP contribution in [0, 0.1) is 0 Å². The van der Waals surface area contributed by atoms with E-state index in [2.05, 4.69) is 522 Å². The van der Waals surface area contributed by atoms with Crippen molar-refractivity contribution in [2.24, 2.45) is 0 Å². The number of benzene rings is 25. The van der Waals surface area contributed by atoms with Crippen molar-refractivity contribution < 1.29 is 0 Å². The third-order valence-electron chi connectivity index (χ3n) is 26.4. The molecule has 0 bridgehead atoms. The Hall–Kier alpha value is -16.9. The van der Waals surface area contributed by atoms with Crippen LogP contribution in [-0.4, -0.2) is 0 Å². The zero-order valence-electron chi connectivity index (χ0n) is 71.7. The summed E-state index contributed by atoms with van der Waals surface area (Å²) in [5.74, 6) is 0. The van der Waals surface area contributed by atoms with Gasteiger partial charge in [-0.2, -0.15) is 0 Å². The second-order valence-electron chi connectivity index (χ2n) is 33.7. The lowest BCUT2D eigenvalue weighted by Crippen LogP contribution is -1.94. The summed E-state index contributed by atoms with van der Waals surface area (Å²) < 4.78 is 0. The van der Waals surface area contributed by atoms with Crippen LogP contribution < -0.4 is 0 Å². The van der Waals surface area contributed by atoms with E-state index in [1.165, 1.54) is 241 Å². The van der Waals surface area contributed by atoms with Crippen LogP contribution in [0.2, 0.25) is 0 Å². The first-order valence-corrected chi connectivity index (χ1v) is 45.0. The molecule has 130 heavy (non-hydrogen) atoms. The van der Waals surface area contributed by atoms with Crippen LogP contribution in [0.5, 0.6) is 0 Å². The van der Waals surface area contributed by atoms with Gasteiger partial charge in [0.15, 0.2) is 0 Å². The molecule has 0 aliphatic rings. The highest BCUT2D eigenvalue weighted by Crippen LogP contribution is 2.53. The molecule has 0 amide bonds. The summed E-state index contributed by atoms with van der Waals surface area (Å²) in [7, 11) is 0. The largest absolute Gasteiger partial charge is 0.0622 e.